The third-order valence-corrected chi connectivity index (χ3v) is 3.40. The fourth-order valence-corrected chi connectivity index (χ4v) is 2.15. The Bertz CT molecular complexity index is 744. The number of nitrogens with one attached hydrogen (secondary N) is 1. The number of nitrogen functional groups attached to an aromatic ring is 1. The average molecular weight is 281 g/mol. The highest BCUT2D eigenvalue weighted by atomic mass is 16.5. The van der Waals surface area contributed by atoms with Crippen LogP contribution in [-0.4, -0.2) is 9.97 Å². The third-order valence-electron chi connectivity index (χ3n) is 3.40. The van der Waals surface area contributed by atoms with Gasteiger partial charge in [-0.1, -0.05) is 26.0 Å². The summed E-state index contributed by atoms with van der Waals surface area (Å²) < 4.78 is 5.82. The Kier molecular flexibility index (Phi) is 3.52. The van der Waals surface area contributed by atoms with E-state index in [0.717, 1.165) is 33.9 Å². The van der Waals surface area contributed by atoms with Gasteiger partial charge < -0.3 is 15.5 Å². The molecule has 21 heavy (non-hydrogen) atoms. The maximum atomic E-state index is 5.82. The van der Waals surface area contributed by atoms with Gasteiger partial charge in [0.1, 0.15) is 18.2 Å². The van der Waals surface area contributed by atoms with E-state index in [9.17, 15) is 0 Å². The first-order valence-corrected chi connectivity index (χ1v) is 7.09. The van der Waals surface area contributed by atoms with E-state index in [0.29, 0.717) is 12.5 Å². The van der Waals surface area contributed by atoms with Crippen LogP contribution in [0.3, 0.4) is 0 Å². The summed E-state index contributed by atoms with van der Waals surface area (Å²) in [7, 11) is 0. The molecule has 3 rings (SSSR count). The molecule has 0 saturated heterocycles. The zero-order valence-electron chi connectivity index (χ0n) is 12.3. The SMILES string of the molecule is CC(C)c1nc2ccc(OCc3ccc(N)cc3)cc2[nH]1. The maximum Gasteiger partial charge on any atom is 0.122 e. The molecule has 0 spiro atoms. The van der Waals surface area contributed by atoms with E-state index < -0.39 is 0 Å². The van der Waals surface area contributed by atoms with E-state index in [1.54, 1.807) is 0 Å². The van der Waals surface area contributed by atoms with Crippen molar-refractivity contribution in [3.05, 3.63) is 53.9 Å². The van der Waals surface area contributed by atoms with Crippen LogP contribution in [0.5, 0.6) is 5.75 Å². The fourth-order valence-electron chi connectivity index (χ4n) is 2.15. The highest BCUT2D eigenvalue weighted by Crippen LogP contribution is 2.22. The molecule has 0 aliphatic rings. The Labute approximate surface area is 124 Å². The minimum atomic E-state index is 0.386. The number of benzene rings is 2. The van der Waals surface area contributed by atoms with Crippen LogP contribution in [-0.2, 0) is 6.61 Å². The number of aromatic nitrogens is 2. The van der Waals surface area contributed by atoms with Gasteiger partial charge in [0.2, 0.25) is 0 Å². The molecule has 4 nitrogen and oxygen atoms in total. The smallest absolute Gasteiger partial charge is 0.122 e. The van der Waals surface area contributed by atoms with Gasteiger partial charge in [0, 0.05) is 17.7 Å². The molecule has 0 atom stereocenters. The molecule has 0 amide bonds. The van der Waals surface area contributed by atoms with E-state index in [4.69, 9.17) is 10.5 Å². The Balaban J connectivity index is 1.76. The first-order chi connectivity index (χ1) is 10.1. The molecule has 0 unspecified atom stereocenters. The van der Waals surface area contributed by atoms with Crippen molar-refractivity contribution in [1.82, 2.24) is 9.97 Å². The summed E-state index contributed by atoms with van der Waals surface area (Å²) in [6, 6.07) is 13.6. The van der Waals surface area contributed by atoms with Crippen molar-refractivity contribution in [3.63, 3.8) is 0 Å². The second kappa shape index (κ2) is 5.48. The summed E-state index contributed by atoms with van der Waals surface area (Å²) in [4.78, 5) is 7.89. The van der Waals surface area contributed by atoms with Gasteiger partial charge in [-0.3, -0.25) is 0 Å². The Hall–Kier alpha value is -2.49. The molecule has 1 aromatic heterocycles. The van der Waals surface area contributed by atoms with Crippen LogP contribution >= 0.6 is 0 Å². The molecule has 0 saturated carbocycles. The van der Waals surface area contributed by atoms with Crippen LogP contribution in [0, 0.1) is 0 Å². The van der Waals surface area contributed by atoms with E-state index >= 15 is 0 Å². The lowest BCUT2D eigenvalue weighted by Crippen LogP contribution is -1.95. The molecule has 0 aliphatic heterocycles. The van der Waals surface area contributed by atoms with Gasteiger partial charge in [-0.25, -0.2) is 4.98 Å². The van der Waals surface area contributed by atoms with Crippen molar-refractivity contribution >= 4 is 16.7 Å². The number of ether oxygens (including phenoxy) is 1. The number of hydrogen-bond donors (Lipinski definition) is 2. The minimum absolute atomic E-state index is 0.386. The zero-order chi connectivity index (χ0) is 14.8. The van der Waals surface area contributed by atoms with Crippen molar-refractivity contribution in [2.45, 2.75) is 26.4 Å². The monoisotopic (exact) mass is 281 g/mol. The van der Waals surface area contributed by atoms with Crippen molar-refractivity contribution in [2.24, 2.45) is 0 Å². The van der Waals surface area contributed by atoms with Crippen molar-refractivity contribution in [2.75, 3.05) is 5.73 Å². The fraction of sp³-hybridized carbons (Fsp3) is 0.235. The summed E-state index contributed by atoms with van der Waals surface area (Å²) in [6.45, 7) is 4.77. The molecule has 2 aromatic carbocycles. The molecule has 0 aliphatic carbocycles. The normalized spacial score (nSPS) is 11.2. The first-order valence-electron chi connectivity index (χ1n) is 7.09. The lowest BCUT2D eigenvalue weighted by Gasteiger charge is -2.06. The van der Waals surface area contributed by atoms with Crippen LogP contribution in [0.1, 0.15) is 31.2 Å². The molecule has 0 radical (unpaired) electrons. The molecule has 0 fully saturated rings. The van der Waals surface area contributed by atoms with Gasteiger partial charge in [0.25, 0.3) is 0 Å². The van der Waals surface area contributed by atoms with Gasteiger partial charge in [0.05, 0.1) is 11.0 Å². The summed E-state index contributed by atoms with van der Waals surface area (Å²) >= 11 is 0. The second-order valence-corrected chi connectivity index (χ2v) is 5.49. The minimum Gasteiger partial charge on any atom is -0.489 e. The number of rotatable bonds is 4. The number of nitrogens with zero attached hydrogens (tertiary/aromatic N) is 1. The van der Waals surface area contributed by atoms with Crippen molar-refractivity contribution < 1.29 is 4.74 Å². The van der Waals surface area contributed by atoms with Crippen LogP contribution in [0.2, 0.25) is 0 Å². The quantitative estimate of drug-likeness (QED) is 0.714. The number of anilines is 1. The number of fused-ring (bicyclic) bond motifs is 1. The second-order valence-electron chi connectivity index (χ2n) is 5.49. The standard InChI is InChI=1S/C17H19N3O/c1-11(2)17-19-15-8-7-14(9-16(15)20-17)21-10-12-3-5-13(18)6-4-12/h3-9,11H,10,18H2,1-2H3,(H,19,20). The lowest BCUT2D eigenvalue weighted by atomic mass is 10.2. The number of nitrogens with two attached hydrogens (primary N) is 1. The summed E-state index contributed by atoms with van der Waals surface area (Å²) in [5.74, 6) is 2.22. The van der Waals surface area contributed by atoms with E-state index in [1.165, 1.54) is 0 Å². The van der Waals surface area contributed by atoms with Crippen molar-refractivity contribution in [1.29, 1.82) is 0 Å². The zero-order valence-corrected chi connectivity index (χ0v) is 12.3. The summed E-state index contributed by atoms with van der Waals surface area (Å²) in [5, 5.41) is 0. The molecular formula is C17H19N3O. The van der Waals surface area contributed by atoms with Crippen LogP contribution in [0.15, 0.2) is 42.5 Å². The van der Waals surface area contributed by atoms with Gasteiger partial charge in [0.15, 0.2) is 0 Å². The molecular weight excluding hydrogens is 262 g/mol. The van der Waals surface area contributed by atoms with E-state index in [-0.39, 0.29) is 0 Å². The maximum absolute atomic E-state index is 5.82. The third kappa shape index (κ3) is 2.99. The Morgan fingerprint density at radius 3 is 2.62 bits per heavy atom. The molecule has 4 heteroatoms. The van der Waals surface area contributed by atoms with Crippen molar-refractivity contribution in [3.8, 4) is 5.75 Å². The predicted octanol–water partition coefficient (Wildman–Crippen LogP) is 3.85. The largest absolute Gasteiger partial charge is 0.489 e. The predicted molar refractivity (Wildman–Crippen MR) is 85.4 cm³/mol. The topological polar surface area (TPSA) is 63.9 Å². The molecule has 108 valence electrons. The summed E-state index contributed by atoms with van der Waals surface area (Å²) in [6.07, 6.45) is 0. The number of aromatic amines is 1. The lowest BCUT2D eigenvalue weighted by molar-refractivity contribution is 0.306. The van der Waals surface area contributed by atoms with Gasteiger partial charge in [-0.05, 0) is 29.8 Å². The molecule has 0 bridgehead atoms. The van der Waals surface area contributed by atoms with Crippen LogP contribution in [0.4, 0.5) is 5.69 Å². The number of imidazole rings is 1. The summed E-state index contributed by atoms with van der Waals surface area (Å²) in [5.41, 5.74) is 9.51. The molecule has 3 aromatic rings. The Morgan fingerprint density at radius 2 is 1.90 bits per heavy atom. The molecule has 3 N–H and O–H groups in total. The van der Waals surface area contributed by atoms with Gasteiger partial charge in [-0.2, -0.15) is 0 Å². The highest BCUT2D eigenvalue weighted by Gasteiger charge is 2.07. The van der Waals surface area contributed by atoms with E-state index in [1.807, 2.05) is 42.5 Å². The highest BCUT2D eigenvalue weighted by molar-refractivity contribution is 5.76. The Morgan fingerprint density at radius 1 is 1.14 bits per heavy atom. The molecule has 1 heterocycles. The van der Waals surface area contributed by atoms with Crippen LogP contribution in [0.25, 0.3) is 11.0 Å². The van der Waals surface area contributed by atoms with Gasteiger partial charge in [-0.15, -0.1) is 0 Å². The number of H-pyrrole nitrogens is 1. The van der Waals surface area contributed by atoms with Gasteiger partial charge >= 0.3 is 0 Å². The number of hydrogen-bond acceptors (Lipinski definition) is 3. The average Bonchev–Trinajstić information content (AvgIpc) is 2.90. The van der Waals surface area contributed by atoms with Crippen LogP contribution < -0.4 is 10.5 Å². The van der Waals surface area contributed by atoms with E-state index in [2.05, 4.69) is 23.8 Å². The first kappa shape index (κ1) is 13.5.